The highest BCUT2D eigenvalue weighted by Crippen LogP contribution is 2.34. The monoisotopic (exact) mass is 352 g/mol. The number of carbonyl (C=O) groups excluding carboxylic acids is 1. The van der Waals surface area contributed by atoms with Gasteiger partial charge in [-0.05, 0) is 30.2 Å². The third-order valence-corrected chi connectivity index (χ3v) is 3.90. The molecule has 134 valence electrons. The molecule has 1 aliphatic rings. The molecule has 0 spiro atoms. The van der Waals surface area contributed by atoms with Gasteiger partial charge in [0.1, 0.15) is 17.6 Å². The summed E-state index contributed by atoms with van der Waals surface area (Å²) in [7, 11) is 0. The van der Waals surface area contributed by atoms with Crippen LogP contribution < -0.4 is 0 Å². The molecule has 2 unspecified atom stereocenters. The number of aliphatic hydroxyl groups is 1. The van der Waals surface area contributed by atoms with Crippen molar-refractivity contribution in [2.75, 3.05) is 6.61 Å². The van der Waals surface area contributed by atoms with E-state index in [-0.39, 0.29) is 17.7 Å². The van der Waals surface area contributed by atoms with Gasteiger partial charge in [-0.15, -0.1) is 0 Å². The molecule has 0 saturated heterocycles. The van der Waals surface area contributed by atoms with E-state index in [1.165, 1.54) is 6.08 Å². The van der Waals surface area contributed by atoms with Gasteiger partial charge in [-0.3, -0.25) is 4.79 Å². The third kappa shape index (κ3) is 3.93. The minimum absolute atomic E-state index is 0.0368. The molecule has 1 aliphatic carbocycles. The van der Waals surface area contributed by atoms with Gasteiger partial charge in [0.2, 0.25) is 0 Å². The van der Waals surface area contributed by atoms with Crippen molar-refractivity contribution < 1.29 is 33.3 Å². The molecule has 0 radical (unpaired) electrons. The minimum Gasteiger partial charge on any atom is -0.481 e. The zero-order valence-electron chi connectivity index (χ0n) is 13.5. The standard InChI is InChI=1S/C18H18F2O5/c1-2-3-8-25-17(23)18(24)7-6-11(9-14(18)16(21)22)13-5-4-12(19)10-15(13)20/h4-7,9-10,14,24H,2-3,8H2,1H3,(H,21,22). The molecule has 0 aromatic heterocycles. The number of allylic oxidation sites excluding steroid dienone is 2. The Morgan fingerprint density at radius 2 is 2.04 bits per heavy atom. The number of hydrogen-bond donors (Lipinski definition) is 2. The second kappa shape index (κ2) is 7.57. The van der Waals surface area contributed by atoms with Crippen LogP contribution in [0.5, 0.6) is 0 Å². The molecular formula is C18H18F2O5. The van der Waals surface area contributed by atoms with E-state index in [2.05, 4.69) is 0 Å². The van der Waals surface area contributed by atoms with Crippen molar-refractivity contribution in [3.05, 3.63) is 53.6 Å². The van der Waals surface area contributed by atoms with Crippen molar-refractivity contribution >= 4 is 17.5 Å². The minimum atomic E-state index is -2.39. The summed E-state index contributed by atoms with van der Waals surface area (Å²) in [4.78, 5) is 23.6. The van der Waals surface area contributed by atoms with E-state index in [0.29, 0.717) is 12.5 Å². The topological polar surface area (TPSA) is 83.8 Å². The third-order valence-electron chi connectivity index (χ3n) is 3.90. The van der Waals surface area contributed by atoms with Crippen molar-refractivity contribution in [2.24, 2.45) is 5.92 Å². The van der Waals surface area contributed by atoms with E-state index >= 15 is 0 Å². The number of hydrogen-bond acceptors (Lipinski definition) is 4. The summed E-state index contributed by atoms with van der Waals surface area (Å²) in [6.45, 7) is 1.94. The summed E-state index contributed by atoms with van der Waals surface area (Å²) in [5.74, 6) is -5.87. The average molecular weight is 352 g/mol. The lowest BCUT2D eigenvalue weighted by Gasteiger charge is -2.30. The predicted molar refractivity (Wildman–Crippen MR) is 85.4 cm³/mol. The van der Waals surface area contributed by atoms with Gasteiger partial charge in [0.25, 0.3) is 0 Å². The Bertz CT molecular complexity index is 741. The number of rotatable bonds is 6. The summed E-state index contributed by atoms with van der Waals surface area (Å²) in [5, 5.41) is 19.9. The summed E-state index contributed by atoms with van der Waals surface area (Å²) >= 11 is 0. The second-order valence-electron chi connectivity index (χ2n) is 5.71. The molecule has 1 aromatic rings. The van der Waals surface area contributed by atoms with Gasteiger partial charge in [0.15, 0.2) is 5.60 Å². The fraction of sp³-hybridized carbons (Fsp3) is 0.333. The number of halogens is 2. The van der Waals surface area contributed by atoms with Gasteiger partial charge < -0.3 is 14.9 Å². The lowest BCUT2D eigenvalue weighted by atomic mass is 9.80. The van der Waals surface area contributed by atoms with Crippen LogP contribution in [0.1, 0.15) is 25.3 Å². The molecule has 0 bridgehead atoms. The number of aliphatic carboxylic acids is 1. The van der Waals surface area contributed by atoms with Crippen LogP contribution in [0.4, 0.5) is 8.78 Å². The van der Waals surface area contributed by atoms with Crippen LogP contribution in [0.3, 0.4) is 0 Å². The molecule has 0 amide bonds. The molecule has 2 atom stereocenters. The molecule has 0 fully saturated rings. The van der Waals surface area contributed by atoms with Gasteiger partial charge >= 0.3 is 11.9 Å². The number of esters is 1. The molecule has 2 rings (SSSR count). The Hall–Kier alpha value is -2.54. The molecule has 0 heterocycles. The first-order chi connectivity index (χ1) is 11.8. The molecule has 7 heteroatoms. The number of carboxylic acid groups (broad SMARTS) is 1. The van der Waals surface area contributed by atoms with E-state index in [0.717, 1.165) is 30.7 Å². The lowest BCUT2D eigenvalue weighted by molar-refractivity contribution is -0.170. The van der Waals surface area contributed by atoms with Crippen molar-refractivity contribution in [1.82, 2.24) is 0 Å². The predicted octanol–water partition coefficient (Wildman–Crippen LogP) is 2.69. The van der Waals surface area contributed by atoms with Crippen molar-refractivity contribution in [2.45, 2.75) is 25.4 Å². The van der Waals surface area contributed by atoms with Crippen LogP contribution in [0.15, 0.2) is 36.4 Å². The maximum absolute atomic E-state index is 13.9. The molecule has 1 aromatic carbocycles. The van der Waals surface area contributed by atoms with E-state index in [1.54, 1.807) is 0 Å². The Morgan fingerprint density at radius 3 is 2.64 bits per heavy atom. The highest BCUT2D eigenvalue weighted by Gasteiger charge is 2.48. The fourth-order valence-corrected chi connectivity index (χ4v) is 2.47. The SMILES string of the molecule is CCCCOC(=O)C1(O)C=CC(c2ccc(F)cc2F)=CC1C(=O)O. The lowest BCUT2D eigenvalue weighted by Crippen LogP contribution is -2.49. The van der Waals surface area contributed by atoms with Crippen LogP contribution in [0.25, 0.3) is 5.57 Å². The summed E-state index contributed by atoms with van der Waals surface area (Å²) < 4.78 is 31.9. The Morgan fingerprint density at radius 1 is 1.32 bits per heavy atom. The number of ether oxygens (including phenoxy) is 1. The molecule has 2 N–H and O–H groups in total. The van der Waals surface area contributed by atoms with Crippen LogP contribution in [-0.4, -0.2) is 34.4 Å². The first kappa shape index (κ1) is 18.8. The van der Waals surface area contributed by atoms with Crippen LogP contribution in [0.2, 0.25) is 0 Å². The highest BCUT2D eigenvalue weighted by atomic mass is 19.1. The van der Waals surface area contributed by atoms with Gasteiger partial charge in [0.05, 0.1) is 6.61 Å². The van der Waals surface area contributed by atoms with Gasteiger partial charge in [-0.1, -0.05) is 25.5 Å². The highest BCUT2D eigenvalue weighted by molar-refractivity contribution is 5.94. The molecule has 0 saturated carbocycles. The summed E-state index contributed by atoms with van der Waals surface area (Å²) in [6, 6.07) is 2.85. The molecular weight excluding hydrogens is 334 g/mol. The van der Waals surface area contributed by atoms with E-state index in [1.807, 2.05) is 6.92 Å². The van der Waals surface area contributed by atoms with E-state index in [4.69, 9.17) is 4.74 Å². The molecule has 5 nitrogen and oxygen atoms in total. The Labute approximate surface area is 143 Å². The van der Waals surface area contributed by atoms with Crippen LogP contribution in [0, 0.1) is 17.6 Å². The van der Waals surface area contributed by atoms with Crippen LogP contribution >= 0.6 is 0 Å². The molecule has 0 aliphatic heterocycles. The maximum atomic E-state index is 13.9. The number of benzene rings is 1. The average Bonchev–Trinajstić information content (AvgIpc) is 2.55. The molecule has 25 heavy (non-hydrogen) atoms. The fourth-order valence-electron chi connectivity index (χ4n) is 2.47. The first-order valence-electron chi connectivity index (χ1n) is 7.78. The van der Waals surface area contributed by atoms with Crippen molar-refractivity contribution in [1.29, 1.82) is 0 Å². The number of carbonyl (C=O) groups is 2. The van der Waals surface area contributed by atoms with Crippen molar-refractivity contribution in [3.63, 3.8) is 0 Å². The van der Waals surface area contributed by atoms with Gasteiger partial charge in [-0.25, -0.2) is 13.6 Å². The zero-order valence-corrected chi connectivity index (χ0v) is 13.5. The van der Waals surface area contributed by atoms with Gasteiger partial charge in [-0.2, -0.15) is 0 Å². The zero-order chi connectivity index (χ0) is 18.6. The largest absolute Gasteiger partial charge is 0.481 e. The number of carboxylic acids is 1. The maximum Gasteiger partial charge on any atom is 0.343 e. The Kier molecular flexibility index (Phi) is 5.69. The second-order valence-corrected chi connectivity index (χ2v) is 5.71. The quantitative estimate of drug-likeness (QED) is 0.607. The number of unbranched alkanes of at least 4 members (excludes halogenated alkanes) is 1. The van der Waals surface area contributed by atoms with Crippen LogP contribution in [-0.2, 0) is 14.3 Å². The smallest absolute Gasteiger partial charge is 0.343 e. The first-order valence-corrected chi connectivity index (χ1v) is 7.78. The Balaban J connectivity index is 2.34. The van der Waals surface area contributed by atoms with E-state index < -0.39 is 35.1 Å². The van der Waals surface area contributed by atoms with Crippen molar-refractivity contribution in [3.8, 4) is 0 Å². The summed E-state index contributed by atoms with van der Waals surface area (Å²) in [5.41, 5.74) is -2.30. The van der Waals surface area contributed by atoms with E-state index in [9.17, 15) is 28.6 Å². The summed E-state index contributed by atoms with van der Waals surface area (Å²) in [6.07, 6.45) is 4.58. The van der Waals surface area contributed by atoms with Gasteiger partial charge in [0, 0.05) is 11.6 Å². The normalized spacial score (nSPS) is 22.4.